The molecular formula is C11H15N3O4. The van der Waals surface area contributed by atoms with E-state index in [9.17, 15) is 14.9 Å². The smallest absolute Gasteiger partial charge is 0.292 e. The van der Waals surface area contributed by atoms with Crippen LogP contribution in [0.15, 0.2) is 18.2 Å². The summed E-state index contributed by atoms with van der Waals surface area (Å²) in [6.45, 7) is 0.428. The molecule has 7 nitrogen and oxygen atoms in total. The zero-order valence-electron chi connectivity index (χ0n) is 10.0. The number of anilines is 1. The van der Waals surface area contributed by atoms with E-state index in [1.165, 1.54) is 19.2 Å². The number of primary amides is 1. The molecule has 0 unspecified atom stereocenters. The van der Waals surface area contributed by atoms with E-state index in [0.717, 1.165) is 0 Å². The minimum atomic E-state index is -0.476. The van der Waals surface area contributed by atoms with Crippen molar-refractivity contribution in [3.05, 3.63) is 28.3 Å². The maximum atomic E-state index is 10.8. The lowest BCUT2D eigenvalue weighted by atomic mass is 10.2. The van der Waals surface area contributed by atoms with Gasteiger partial charge >= 0.3 is 0 Å². The molecule has 1 amide bonds. The molecular weight excluding hydrogens is 238 g/mol. The Bertz CT molecular complexity index is 448. The molecule has 0 saturated carbocycles. The number of ether oxygens (including phenoxy) is 1. The van der Waals surface area contributed by atoms with Crippen LogP contribution in [-0.2, 0) is 4.79 Å². The van der Waals surface area contributed by atoms with Gasteiger partial charge in [-0.25, -0.2) is 0 Å². The Labute approximate surface area is 104 Å². The topological polar surface area (TPSA) is 107 Å². The lowest BCUT2D eigenvalue weighted by molar-refractivity contribution is -0.384. The van der Waals surface area contributed by atoms with Gasteiger partial charge in [-0.2, -0.15) is 0 Å². The number of nitrogens with one attached hydrogen (secondary N) is 1. The van der Waals surface area contributed by atoms with Gasteiger partial charge in [-0.3, -0.25) is 14.9 Å². The van der Waals surface area contributed by atoms with Crippen LogP contribution in [0, 0.1) is 10.1 Å². The van der Waals surface area contributed by atoms with Gasteiger partial charge in [0, 0.05) is 25.1 Å². The maximum Gasteiger partial charge on any atom is 0.292 e. The number of methoxy groups -OCH3 is 1. The Kier molecular flexibility index (Phi) is 4.91. The molecule has 7 heteroatoms. The third kappa shape index (κ3) is 3.93. The average molecular weight is 253 g/mol. The second kappa shape index (κ2) is 6.43. The lowest BCUT2D eigenvalue weighted by Gasteiger charge is -2.08. The van der Waals surface area contributed by atoms with Gasteiger partial charge in [0.1, 0.15) is 11.4 Å². The van der Waals surface area contributed by atoms with Gasteiger partial charge in [0.05, 0.1) is 12.0 Å². The highest BCUT2D eigenvalue weighted by Gasteiger charge is 2.14. The highest BCUT2D eigenvalue weighted by molar-refractivity contribution is 5.73. The van der Waals surface area contributed by atoms with Crippen LogP contribution in [0.4, 0.5) is 11.4 Å². The number of carbonyl (C=O) groups is 1. The number of amides is 1. The molecule has 0 aliphatic rings. The van der Waals surface area contributed by atoms with Gasteiger partial charge < -0.3 is 15.8 Å². The number of nitrogens with zero attached hydrogens (tertiary/aromatic N) is 1. The van der Waals surface area contributed by atoms with Crippen molar-refractivity contribution in [1.29, 1.82) is 0 Å². The molecule has 0 aliphatic heterocycles. The minimum absolute atomic E-state index is 0.0325. The molecule has 1 rings (SSSR count). The number of hydrogen-bond donors (Lipinski definition) is 2. The minimum Gasteiger partial charge on any atom is -0.497 e. The van der Waals surface area contributed by atoms with Crippen LogP contribution in [0.25, 0.3) is 0 Å². The number of hydrogen-bond acceptors (Lipinski definition) is 5. The Hall–Kier alpha value is -2.31. The Morgan fingerprint density at radius 1 is 1.56 bits per heavy atom. The van der Waals surface area contributed by atoms with Gasteiger partial charge in [-0.15, -0.1) is 0 Å². The highest BCUT2D eigenvalue weighted by Crippen LogP contribution is 2.28. The second-order valence-corrected chi connectivity index (χ2v) is 3.64. The molecule has 0 aromatic heterocycles. The quantitative estimate of drug-likeness (QED) is 0.432. The third-order valence-electron chi connectivity index (χ3n) is 2.32. The zero-order chi connectivity index (χ0) is 13.5. The van der Waals surface area contributed by atoms with E-state index in [2.05, 4.69) is 5.32 Å². The molecule has 0 spiro atoms. The molecule has 1 aromatic rings. The van der Waals surface area contributed by atoms with Crippen LogP contribution >= 0.6 is 0 Å². The molecule has 1 aromatic carbocycles. The molecule has 3 N–H and O–H groups in total. The molecule has 0 heterocycles. The van der Waals surface area contributed by atoms with Crippen molar-refractivity contribution >= 4 is 17.3 Å². The number of nitrogens with two attached hydrogens (primary N) is 1. The van der Waals surface area contributed by atoms with Crippen LogP contribution in [0.1, 0.15) is 12.8 Å². The van der Waals surface area contributed by atoms with E-state index in [4.69, 9.17) is 10.5 Å². The van der Waals surface area contributed by atoms with Crippen molar-refractivity contribution in [3.63, 3.8) is 0 Å². The number of carbonyl (C=O) groups excluding carboxylic acids is 1. The Morgan fingerprint density at radius 3 is 2.83 bits per heavy atom. The van der Waals surface area contributed by atoms with Gasteiger partial charge in [0.2, 0.25) is 5.91 Å². The van der Waals surface area contributed by atoms with Gasteiger partial charge in [-0.1, -0.05) is 0 Å². The van der Waals surface area contributed by atoms with Crippen molar-refractivity contribution < 1.29 is 14.5 Å². The first-order chi connectivity index (χ1) is 8.54. The summed E-state index contributed by atoms with van der Waals surface area (Å²) in [6.07, 6.45) is 0.758. The fraction of sp³-hybridized carbons (Fsp3) is 0.364. The van der Waals surface area contributed by atoms with Crippen LogP contribution < -0.4 is 15.8 Å². The molecule has 0 aliphatic carbocycles. The Balaban J connectivity index is 2.71. The molecule has 0 fully saturated rings. The summed E-state index contributed by atoms with van der Waals surface area (Å²) in [5.74, 6) is 0.134. The third-order valence-corrected chi connectivity index (χ3v) is 2.32. The monoisotopic (exact) mass is 253 g/mol. The summed E-state index contributed by atoms with van der Waals surface area (Å²) in [5, 5.41) is 13.7. The number of nitro groups is 1. The second-order valence-electron chi connectivity index (χ2n) is 3.64. The molecule has 0 bridgehead atoms. The van der Waals surface area contributed by atoms with Crippen LogP contribution in [0.2, 0.25) is 0 Å². The van der Waals surface area contributed by atoms with Gasteiger partial charge in [-0.05, 0) is 12.5 Å². The van der Waals surface area contributed by atoms with Crippen LogP contribution in [-0.4, -0.2) is 24.5 Å². The van der Waals surface area contributed by atoms with Crippen molar-refractivity contribution in [1.82, 2.24) is 0 Å². The fourth-order valence-electron chi connectivity index (χ4n) is 1.43. The van der Waals surface area contributed by atoms with Crippen molar-refractivity contribution in [2.75, 3.05) is 19.0 Å². The highest BCUT2D eigenvalue weighted by atomic mass is 16.6. The molecule has 0 saturated heterocycles. The van der Waals surface area contributed by atoms with Gasteiger partial charge in [0.15, 0.2) is 0 Å². The van der Waals surface area contributed by atoms with E-state index in [1.807, 2.05) is 0 Å². The zero-order valence-corrected chi connectivity index (χ0v) is 10.0. The average Bonchev–Trinajstić information content (AvgIpc) is 2.33. The fourth-order valence-corrected chi connectivity index (χ4v) is 1.43. The van der Waals surface area contributed by atoms with E-state index in [1.54, 1.807) is 6.07 Å². The first-order valence-corrected chi connectivity index (χ1v) is 5.39. The number of benzene rings is 1. The summed E-state index contributed by atoms with van der Waals surface area (Å²) >= 11 is 0. The maximum absolute atomic E-state index is 10.8. The lowest BCUT2D eigenvalue weighted by Crippen LogP contribution is -2.13. The van der Waals surface area contributed by atoms with Crippen molar-refractivity contribution in [2.24, 2.45) is 5.73 Å². The predicted molar refractivity (Wildman–Crippen MR) is 66.6 cm³/mol. The number of rotatable bonds is 7. The molecule has 0 atom stereocenters. The van der Waals surface area contributed by atoms with E-state index < -0.39 is 10.8 Å². The van der Waals surface area contributed by atoms with Crippen molar-refractivity contribution in [2.45, 2.75) is 12.8 Å². The van der Waals surface area contributed by atoms with E-state index in [0.29, 0.717) is 24.4 Å². The number of nitro benzene ring substituents is 1. The first-order valence-electron chi connectivity index (χ1n) is 5.39. The normalized spacial score (nSPS) is 9.83. The van der Waals surface area contributed by atoms with Crippen LogP contribution in [0.5, 0.6) is 5.75 Å². The standard InChI is InChI=1S/C11H15N3O4/c1-18-8-4-5-10(14(16)17)9(7-8)13-6-2-3-11(12)15/h4-5,7,13H,2-3,6H2,1H3,(H2,12,15). The SMILES string of the molecule is COc1ccc([N+](=O)[O-])c(NCCCC(N)=O)c1. The largest absolute Gasteiger partial charge is 0.497 e. The summed E-state index contributed by atoms with van der Waals surface area (Å²) in [4.78, 5) is 20.9. The Morgan fingerprint density at radius 2 is 2.28 bits per heavy atom. The summed E-state index contributed by atoms with van der Waals surface area (Å²) < 4.78 is 5.00. The summed E-state index contributed by atoms with van der Waals surface area (Å²) in [6, 6.07) is 4.43. The summed E-state index contributed by atoms with van der Waals surface area (Å²) in [7, 11) is 1.48. The first kappa shape index (κ1) is 13.8. The van der Waals surface area contributed by atoms with E-state index in [-0.39, 0.29) is 12.1 Å². The van der Waals surface area contributed by atoms with Crippen molar-refractivity contribution in [3.8, 4) is 5.75 Å². The molecule has 18 heavy (non-hydrogen) atoms. The van der Waals surface area contributed by atoms with E-state index >= 15 is 0 Å². The van der Waals surface area contributed by atoms with Crippen LogP contribution in [0.3, 0.4) is 0 Å². The molecule has 98 valence electrons. The predicted octanol–water partition coefficient (Wildman–Crippen LogP) is 1.28. The van der Waals surface area contributed by atoms with Gasteiger partial charge in [0.25, 0.3) is 5.69 Å². The summed E-state index contributed by atoms with van der Waals surface area (Å²) in [5.41, 5.74) is 5.33. The molecule has 0 radical (unpaired) electrons.